The summed E-state index contributed by atoms with van der Waals surface area (Å²) in [5.74, 6) is -5.07. The summed E-state index contributed by atoms with van der Waals surface area (Å²) in [4.78, 5) is 48.4. The zero-order valence-corrected chi connectivity index (χ0v) is 31.3. The van der Waals surface area contributed by atoms with E-state index in [1.165, 1.54) is 31.0 Å². The van der Waals surface area contributed by atoms with Crippen LogP contribution in [0.25, 0.3) is 10.8 Å². The van der Waals surface area contributed by atoms with Gasteiger partial charge in [0.25, 0.3) is 0 Å². The number of nitrogens with two attached hydrogens (primary N) is 1. The normalized spacial score (nSPS) is 15.1. The highest BCUT2D eigenvalue weighted by Crippen LogP contribution is 2.42. The van der Waals surface area contributed by atoms with Crippen molar-refractivity contribution < 1.29 is 72.6 Å². The van der Waals surface area contributed by atoms with Gasteiger partial charge >= 0.3 is 31.5 Å². The third-order valence-corrected chi connectivity index (χ3v) is 11.1. The minimum atomic E-state index is -5.56. The maximum absolute atomic E-state index is 14.8. The van der Waals surface area contributed by atoms with E-state index >= 15 is 0 Å². The van der Waals surface area contributed by atoms with Gasteiger partial charge in [0.15, 0.2) is 21.3 Å². The second kappa shape index (κ2) is 17.2. The Hall–Kier alpha value is -6.06. The smallest absolute Gasteiger partial charge is 0.450 e. The lowest BCUT2D eigenvalue weighted by Gasteiger charge is -2.32. The van der Waals surface area contributed by atoms with Crippen molar-refractivity contribution in [3.63, 3.8) is 0 Å². The van der Waals surface area contributed by atoms with Crippen LogP contribution in [0.5, 0.6) is 11.5 Å². The van der Waals surface area contributed by atoms with E-state index in [9.17, 15) is 53.5 Å². The second-order valence-corrected chi connectivity index (χ2v) is 15.3. The third-order valence-electron chi connectivity index (χ3n) is 8.88. The SMILES string of the molecule is COC(=O)N(OC(=O)C(F)(F)F)c1ccc(S(=O)(=O)C(C)C)c([C@H]2CCCN2C(=O)[C@H](Nc2ccc3c(N)nccc3c2)c2ccc(OC(F)F)c(OC(F)F)c2)c1. The summed E-state index contributed by atoms with van der Waals surface area (Å²) in [6.45, 7) is -4.31. The van der Waals surface area contributed by atoms with E-state index in [2.05, 4.69) is 29.3 Å². The lowest BCUT2D eigenvalue weighted by atomic mass is 10.00. The van der Waals surface area contributed by atoms with E-state index in [4.69, 9.17) is 5.73 Å². The average molecular weight is 846 g/mol. The van der Waals surface area contributed by atoms with E-state index in [1.807, 2.05) is 0 Å². The molecule has 312 valence electrons. The first-order valence-corrected chi connectivity index (χ1v) is 18.6. The number of benzene rings is 3. The molecule has 58 heavy (non-hydrogen) atoms. The minimum Gasteiger partial charge on any atom is -0.450 e. The fourth-order valence-electron chi connectivity index (χ4n) is 6.20. The van der Waals surface area contributed by atoms with Crippen LogP contribution in [0.3, 0.4) is 0 Å². The number of methoxy groups -OCH3 is 1. The van der Waals surface area contributed by atoms with E-state index in [0.717, 1.165) is 43.5 Å². The molecule has 0 radical (unpaired) electrons. The predicted octanol–water partition coefficient (Wildman–Crippen LogP) is 7.31. The number of aromatic nitrogens is 1. The summed E-state index contributed by atoms with van der Waals surface area (Å²) in [5.41, 5.74) is 5.37. The first-order chi connectivity index (χ1) is 27.2. The van der Waals surface area contributed by atoms with Crippen LogP contribution in [0, 0.1) is 0 Å². The number of carbonyl (C=O) groups is 3. The van der Waals surface area contributed by atoms with Crippen molar-refractivity contribution in [3.8, 4) is 11.5 Å². The van der Waals surface area contributed by atoms with Gasteiger partial charge < -0.3 is 35.0 Å². The highest BCUT2D eigenvalue weighted by Gasteiger charge is 2.45. The lowest BCUT2D eigenvalue weighted by Crippen LogP contribution is -2.39. The number of nitrogen functional groups attached to an aromatic ring is 1. The van der Waals surface area contributed by atoms with E-state index in [-0.39, 0.29) is 52.0 Å². The van der Waals surface area contributed by atoms with Gasteiger partial charge in [-0.3, -0.25) is 4.79 Å². The molecule has 0 bridgehead atoms. The number of rotatable bonds is 12. The van der Waals surface area contributed by atoms with Crippen LogP contribution in [-0.4, -0.2) is 74.6 Å². The summed E-state index contributed by atoms with van der Waals surface area (Å²) in [6.07, 6.45) is -5.46. The van der Waals surface area contributed by atoms with Crippen molar-refractivity contribution >= 4 is 55.8 Å². The number of nitrogens with one attached hydrogen (secondary N) is 1. The Kier molecular flexibility index (Phi) is 12.8. The highest BCUT2D eigenvalue weighted by atomic mass is 32.2. The van der Waals surface area contributed by atoms with Gasteiger partial charge in [0.05, 0.1) is 29.0 Å². The van der Waals surface area contributed by atoms with Crippen molar-refractivity contribution in [3.05, 3.63) is 78.0 Å². The number of carbonyl (C=O) groups excluding carboxylic acids is 3. The summed E-state index contributed by atoms with van der Waals surface area (Å²) in [7, 11) is -3.46. The number of pyridine rings is 1. The Morgan fingerprint density at radius 2 is 1.64 bits per heavy atom. The maximum atomic E-state index is 14.8. The van der Waals surface area contributed by atoms with E-state index < -0.39 is 81.7 Å². The monoisotopic (exact) mass is 845 g/mol. The fraction of sp³-hybridized carbons (Fsp3) is 0.333. The number of anilines is 3. The number of amides is 2. The molecule has 1 saturated heterocycles. The van der Waals surface area contributed by atoms with Gasteiger partial charge in [-0.05, 0) is 97.8 Å². The van der Waals surface area contributed by atoms with Gasteiger partial charge in [-0.15, -0.1) is 5.06 Å². The van der Waals surface area contributed by atoms with Crippen LogP contribution in [0.2, 0.25) is 0 Å². The van der Waals surface area contributed by atoms with Crippen molar-refractivity contribution in [2.24, 2.45) is 0 Å². The van der Waals surface area contributed by atoms with Crippen LogP contribution in [-0.2, 0) is 29.0 Å². The number of hydrogen-bond donors (Lipinski definition) is 2. The molecule has 5 rings (SSSR count). The number of halogens is 7. The molecule has 2 heterocycles. The molecule has 4 aromatic rings. The fourth-order valence-corrected chi connectivity index (χ4v) is 7.49. The Morgan fingerprint density at radius 3 is 2.28 bits per heavy atom. The number of hydrogen-bond acceptors (Lipinski definition) is 12. The number of ether oxygens (including phenoxy) is 3. The van der Waals surface area contributed by atoms with Gasteiger partial charge in [0.1, 0.15) is 11.9 Å². The molecule has 22 heteroatoms. The van der Waals surface area contributed by atoms with Gasteiger partial charge in [0, 0.05) is 23.8 Å². The molecule has 0 spiro atoms. The minimum absolute atomic E-state index is 0.0479. The molecule has 1 aromatic heterocycles. The van der Waals surface area contributed by atoms with Crippen molar-refractivity contribution in [1.29, 1.82) is 0 Å². The standard InChI is InChI=1S/C36H34F7N5O9S/c1-18(2)58(52,53)28-11-8-22(48(35(51)54-3)57-32(50)36(41,42)43)17-24(28)25-5-4-14-47(25)31(49)29(46-21-7-9-23-19(15-21)12-13-45-30(23)44)20-6-10-26(55-33(37)38)27(16-20)56-34(39)40/h6-13,15-18,25,29,33-34,46H,4-5,14H2,1-3H3,(H2,44,45)/t25-,29-/m1/s1. The zero-order chi connectivity index (χ0) is 42.7. The lowest BCUT2D eigenvalue weighted by molar-refractivity contribution is -0.200. The molecule has 0 saturated carbocycles. The van der Waals surface area contributed by atoms with Crippen LogP contribution < -0.4 is 25.6 Å². The van der Waals surface area contributed by atoms with Crippen LogP contribution in [0.15, 0.2) is 71.8 Å². The van der Waals surface area contributed by atoms with Crippen molar-refractivity contribution in [1.82, 2.24) is 9.88 Å². The quantitative estimate of drug-likeness (QED) is 0.107. The average Bonchev–Trinajstić information content (AvgIpc) is 3.65. The van der Waals surface area contributed by atoms with Gasteiger partial charge in [-0.25, -0.2) is 23.0 Å². The summed E-state index contributed by atoms with van der Waals surface area (Å²) >= 11 is 0. The Balaban J connectivity index is 1.66. The molecule has 3 aromatic carbocycles. The van der Waals surface area contributed by atoms with E-state index in [0.29, 0.717) is 10.8 Å². The number of fused-ring (bicyclic) bond motifs is 1. The van der Waals surface area contributed by atoms with Crippen LogP contribution >= 0.6 is 0 Å². The van der Waals surface area contributed by atoms with E-state index in [1.54, 1.807) is 18.2 Å². The molecule has 2 amide bonds. The van der Waals surface area contributed by atoms with Crippen LogP contribution in [0.1, 0.15) is 49.9 Å². The second-order valence-electron chi connectivity index (χ2n) is 12.8. The maximum Gasteiger partial charge on any atom is 0.493 e. The molecule has 0 aliphatic carbocycles. The summed E-state index contributed by atoms with van der Waals surface area (Å²) < 4.78 is 134. The molecule has 0 unspecified atom stereocenters. The molecule has 3 N–H and O–H groups in total. The number of hydroxylamine groups is 1. The largest absolute Gasteiger partial charge is 0.493 e. The number of likely N-dealkylation sites (tertiary alicyclic amines) is 1. The van der Waals surface area contributed by atoms with Crippen molar-refractivity contribution in [2.45, 2.75) is 68.3 Å². The summed E-state index contributed by atoms with van der Waals surface area (Å²) in [5, 5.41) is 2.91. The van der Waals surface area contributed by atoms with Crippen molar-refractivity contribution in [2.75, 3.05) is 29.8 Å². The van der Waals surface area contributed by atoms with Gasteiger partial charge in [-0.1, -0.05) is 6.07 Å². The molecule has 1 aliphatic rings. The molecule has 1 aliphatic heterocycles. The Morgan fingerprint density at radius 1 is 0.948 bits per heavy atom. The predicted molar refractivity (Wildman–Crippen MR) is 192 cm³/mol. The Bertz CT molecular complexity index is 2300. The topological polar surface area (TPSA) is 180 Å². The first-order valence-electron chi connectivity index (χ1n) is 17.0. The first kappa shape index (κ1) is 43.1. The third kappa shape index (κ3) is 9.38. The number of sulfone groups is 1. The van der Waals surface area contributed by atoms with Gasteiger partial charge in [0.2, 0.25) is 5.91 Å². The molecule has 14 nitrogen and oxygen atoms in total. The summed E-state index contributed by atoms with van der Waals surface area (Å²) in [6, 6.07) is 9.29. The highest BCUT2D eigenvalue weighted by molar-refractivity contribution is 7.92. The van der Waals surface area contributed by atoms with Gasteiger partial charge in [-0.2, -0.15) is 30.7 Å². The Labute approximate surface area is 325 Å². The molecular weight excluding hydrogens is 811 g/mol. The molecule has 1 fully saturated rings. The zero-order valence-electron chi connectivity index (χ0n) is 30.5. The molecule has 2 atom stereocenters. The number of nitrogens with zero attached hydrogens (tertiary/aromatic N) is 3. The number of alkyl halides is 7. The van der Waals surface area contributed by atoms with Crippen LogP contribution in [0.4, 0.5) is 52.7 Å². The molecular formula is C36H34F7N5O9S.